The summed E-state index contributed by atoms with van der Waals surface area (Å²) in [5.41, 5.74) is 0.844. The van der Waals surface area contributed by atoms with Gasteiger partial charge in [0, 0.05) is 24.0 Å². The van der Waals surface area contributed by atoms with E-state index in [4.69, 9.17) is 0 Å². The second-order valence-electron chi connectivity index (χ2n) is 4.89. The van der Waals surface area contributed by atoms with Gasteiger partial charge in [0.05, 0.1) is 12.5 Å². The minimum atomic E-state index is -4.44. The van der Waals surface area contributed by atoms with Crippen molar-refractivity contribution >= 4 is 23.2 Å². The van der Waals surface area contributed by atoms with Gasteiger partial charge in [0.25, 0.3) is 0 Å². The minimum Gasteiger partial charge on any atom is -0.349 e. The third kappa shape index (κ3) is 4.42. The molecular weight excluding hydrogens is 307 g/mol. The van der Waals surface area contributed by atoms with E-state index < -0.39 is 30.5 Å². The van der Waals surface area contributed by atoms with Crippen LogP contribution in [0.1, 0.15) is 17.1 Å². The molecule has 0 radical (unpaired) electrons. The first-order chi connectivity index (χ1) is 9.74. The summed E-state index contributed by atoms with van der Waals surface area (Å²) in [6.45, 7) is 0.552. The molecule has 1 N–H and O–H groups in total. The lowest BCUT2D eigenvalue weighted by Gasteiger charge is -2.18. The first-order valence-corrected chi connectivity index (χ1v) is 7.16. The highest BCUT2D eigenvalue weighted by Gasteiger charge is 2.40. The molecule has 1 atom stereocenters. The number of nitrogens with one attached hydrogen (secondary N) is 1. The molecule has 5 nitrogen and oxygen atoms in total. The van der Waals surface area contributed by atoms with Gasteiger partial charge < -0.3 is 10.2 Å². The van der Waals surface area contributed by atoms with Gasteiger partial charge in [-0.15, -0.1) is 11.3 Å². The second-order valence-corrected chi connectivity index (χ2v) is 5.83. The largest absolute Gasteiger partial charge is 0.406 e. The van der Waals surface area contributed by atoms with E-state index in [-0.39, 0.29) is 19.5 Å². The van der Waals surface area contributed by atoms with Gasteiger partial charge in [0.1, 0.15) is 11.6 Å². The van der Waals surface area contributed by atoms with Crippen LogP contribution in [0.15, 0.2) is 5.38 Å². The number of hydrogen-bond donors (Lipinski definition) is 1. The standard InChI is InChI=1S/C12H14F3N3O2S/c1-7-5-21-9(17-7)3-16-11(20)8-2-10(19)18(4-8)6-12(13,14)15/h5,8H,2-4,6H2,1H3,(H,16,20)/t8-/m0/s1. The Morgan fingerprint density at radius 2 is 2.29 bits per heavy atom. The number of carbonyl (C=O) groups is 2. The second kappa shape index (κ2) is 6.00. The average Bonchev–Trinajstić information content (AvgIpc) is 2.92. The van der Waals surface area contributed by atoms with Crippen LogP contribution in [0.3, 0.4) is 0 Å². The number of rotatable bonds is 4. The molecular formula is C12H14F3N3O2S. The van der Waals surface area contributed by atoms with Crippen LogP contribution >= 0.6 is 11.3 Å². The summed E-state index contributed by atoms with van der Waals surface area (Å²) in [6, 6.07) is 0. The van der Waals surface area contributed by atoms with E-state index in [1.807, 2.05) is 12.3 Å². The van der Waals surface area contributed by atoms with Gasteiger partial charge in [-0.2, -0.15) is 13.2 Å². The van der Waals surface area contributed by atoms with Crippen molar-refractivity contribution in [3.63, 3.8) is 0 Å². The number of carbonyl (C=O) groups excluding carboxylic acids is 2. The Labute approximate surface area is 123 Å². The lowest BCUT2D eigenvalue weighted by atomic mass is 10.1. The van der Waals surface area contributed by atoms with Gasteiger partial charge in [0.15, 0.2) is 0 Å². The number of aryl methyl sites for hydroxylation is 1. The van der Waals surface area contributed by atoms with Crippen LogP contribution in [-0.2, 0) is 16.1 Å². The van der Waals surface area contributed by atoms with Crippen LogP contribution in [-0.4, -0.2) is 41.0 Å². The van der Waals surface area contributed by atoms with Gasteiger partial charge >= 0.3 is 6.18 Å². The summed E-state index contributed by atoms with van der Waals surface area (Å²) in [7, 11) is 0. The van der Waals surface area contributed by atoms with Crippen LogP contribution < -0.4 is 5.32 Å². The molecule has 1 fully saturated rings. The maximum absolute atomic E-state index is 12.3. The summed E-state index contributed by atoms with van der Waals surface area (Å²) >= 11 is 1.39. The Morgan fingerprint density at radius 3 is 2.86 bits per heavy atom. The number of alkyl halides is 3. The van der Waals surface area contributed by atoms with E-state index in [1.165, 1.54) is 11.3 Å². The Kier molecular flexibility index (Phi) is 4.50. The van der Waals surface area contributed by atoms with Crippen molar-refractivity contribution < 1.29 is 22.8 Å². The van der Waals surface area contributed by atoms with E-state index in [2.05, 4.69) is 10.3 Å². The average molecular weight is 321 g/mol. The molecule has 0 spiro atoms. The van der Waals surface area contributed by atoms with Gasteiger partial charge in [0.2, 0.25) is 11.8 Å². The molecule has 1 aliphatic heterocycles. The zero-order valence-corrected chi connectivity index (χ0v) is 12.1. The van der Waals surface area contributed by atoms with E-state index in [0.717, 1.165) is 10.7 Å². The minimum absolute atomic E-state index is 0.182. The number of nitrogens with zero attached hydrogens (tertiary/aromatic N) is 2. The molecule has 2 rings (SSSR count). The Balaban J connectivity index is 1.85. The lowest BCUT2D eigenvalue weighted by Crippen LogP contribution is -2.37. The number of thiazole rings is 1. The van der Waals surface area contributed by atoms with Crippen molar-refractivity contribution in [2.75, 3.05) is 13.1 Å². The molecule has 0 aliphatic carbocycles. The third-order valence-corrected chi connectivity index (χ3v) is 4.00. The molecule has 1 aromatic rings. The van der Waals surface area contributed by atoms with Crippen molar-refractivity contribution in [2.45, 2.75) is 26.1 Å². The van der Waals surface area contributed by atoms with Crippen LogP contribution in [0.4, 0.5) is 13.2 Å². The maximum atomic E-state index is 12.3. The highest BCUT2D eigenvalue weighted by atomic mass is 32.1. The van der Waals surface area contributed by atoms with Crippen molar-refractivity contribution in [3.8, 4) is 0 Å². The fourth-order valence-corrected chi connectivity index (χ4v) is 2.82. The number of likely N-dealkylation sites (tertiary alicyclic amines) is 1. The summed E-state index contributed by atoms with van der Waals surface area (Å²) in [6.07, 6.45) is -4.63. The summed E-state index contributed by atoms with van der Waals surface area (Å²) in [5.74, 6) is -1.79. The molecule has 1 saturated heterocycles. The summed E-state index contributed by atoms with van der Waals surface area (Å²) < 4.78 is 36.8. The molecule has 1 aromatic heterocycles. The quantitative estimate of drug-likeness (QED) is 0.914. The number of aromatic nitrogens is 1. The smallest absolute Gasteiger partial charge is 0.349 e. The van der Waals surface area contributed by atoms with E-state index in [0.29, 0.717) is 4.90 Å². The summed E-state index contributed by atoms with van der Waals surface area (Å²) in [4.78, 5) is 28.2. The van der Waals surface area contributed by atoms with Crippen molar-refractivity contribution in [2.24, 2.45) is 5.92 Å². The first kappa shape index (κ1) is 15.7. The monoisotopic (exact) mass is 321 g/mol. The molecule has 2 heterocycles. The molecule has 9 heteroatoms. The predicted octanol–water partition coefficient (Wildman–Crippen LogP) is 1.48. The fourth-order valence-electron chi connectivity index (χ4n) is 2.11. The Hall–Kier alpha value is -1.64. The van der Waals surface area contributed by atoms with Crippen LogP contribution in [0.25, 0.3) is 0 Å². The Bertz CT molecular complexity index is 544. The predicted molar refractivity (Wildman–Crippen MR) is 69.4 cm³/mol. The van der Waals surface area contributed by atoms with E-state index >= 15 is 0 Å². The number of halogens is 3. The van der Waals surface area contributed by atoms with Crippen molar-refractivity contribution in [1.82, 2.24) is 15.2 Å². The topological polar surface area (TPSA) is 62.3 Å². The van der Waals surface area contributed by atoms with Crippen molar-refractivity contribution in [1.29, 1.82) is 0 Å². The lowest BCUT2D eigenvalue weighted by molar-refractivity contribution is -0.157. The molecule has 0 saturated carbocycles. The Morgan fingerprint density at radius 1 is 1.57 bits per heavy atom. The molecule has 0 aromatic carbocycles. The highest BCUT2D eigenvalue weighted by molar-refractivity contribution is 7.09. The number of hydrogen-bond acceptors (Lipinski definition) is 4. The molecule has 116 valence electrons. The SMILES string of the molecule is Cc1csc(CNC(=O)[C@H]2CC(=O)N(CC(F)(F)F)C2)n1. The maximum Gasteiger partial charge on any atom is 0.406 e. The van der Waals surface area contributed by atoms with Crippen LogP contribution in [0.2, 0.25) is 0 Å². The van der Waals surface area contributed by atoms with Gasteiger partial charge in [-0.25, -0.2) is 4.98 Å². The summed E-state index contributed by atoms with van der Waals surface area (Å²) in [5, 5.41) is 5.17. The van der Waals surface area contributed by atoms with Crippen molar-refractivity contribution in [3.05, 3.63) is 16.1 Å². The van der Waals surface area contributed by atoms with E-state index in [1.54, 1.807) is 0 Å². The first-order valence-electron chi connectivity index (χ1n) is 6.28. The van der Waals surface area contributed by atoms with Gasteiger partial charge in [-0.1, -0.05) is 0 Å². The molecule has 21 heavy (non-hydrogen) atoms. The zero-order chi connectivity index (χ0) is 15.6. The molecule has 2 amide bonds. The third-order valence-electron chi connectivity index (χ3n) is 3.04. The highest BCUT2D eigenvalue weighted by Crippen LogP contribution is 2.24. The number of amides is 2. The zero-order valence-electron chi connectivity index (χ0n) is 11.2. The molecule has 1 aliphatic rings. The fraction of sp³-hybridized carbons (Fsp3) is 0.583. The van der Waals surface area contributed by atoms with E-state index in [9.17, 15) is 22.8 Å². The van der Waals surface area contributed by atoms with Gasteiger partial charge in [-0.05, 0) is 6.92 Å². The molecule has 0 unspecified atom stereocenters. The van der Waals surface area contributed by atoms with Crippen LogP contribution in [0, 0.1) is 12.8 Å². The van der Waals surface area contributed by atoms with Crippen LogP contribution in [0.5, 0.6) is 0 Å². The van der Waals surface area contributed by atoms with Gasteiger partial charge in [-0.3, -0.25) is 9.59 Å². The normalized spacial score (nSPS) is 19.1. The molecule has 0 bridgehead atoms.